The number of amides is 1. The van der Waals surface area contributed by atoms with Crippen LogP contribution >= 0.6 is 0 Å². The van der Waals surface area contributed by atoms with Gasteiger partial charge >= 0.3 is 5.97 Å². The number of carboxylic acids is 1. The van der Waals surface area contributed by atoms with E-state index in [0.29, 0.717) is 19.8 Å². The third kappa shape index (κ3) is 2.95. The van der Waals surface area contributed by atoms with E-state index in [4.69, 9.17) is 9.84 Å². The standard InChI is InChI=1S/C11H19NO4/c1-3-12(7-9(13)14)10(15)11(2)5-4-6-16-8-11/h3-8H2,1-2H3,(H,13,14). The normalized spacial score (nSPS) is 25.1. The molecular weight excluding hydrogens is 210 g/mol. The predicted molar refractivity (Wildman–Crippen MR) is 58.0 cm³/mol. The number of carboxylic acid groups (broad SMARTS) is 1. The number of ether oxygens (including phenoxy) is 1. The van der Waals surface area contributed by atoms with Gasteiger partial charge in [0, 0.05) is 13.2 Å². The van der Waals surface area contributed by atoms with Crippen molar-refractivity contribution in [2.24, 2.45) is 5.41 Å². The van der Waals surface area contributed by atoms with E-state index in [-0.39, 0.29) is 12.5 Å². The summed E-state index contributed by atoms with van der Waals surface area (Å²) in [5, 5.41) is 8.72. The van der Waals surface area contributed by atoms with E-state index < -0.39 is 11.4 Å². The molecule has 1 heterocycles. The first kappa shape index (κ1) is 13.0. The van der Waals surface area contributed by atoms with Crippen LogP contribution in [0.15, 0.2) is 0 Å². The van der Waals surface area contributed by atoms with Crippen LogP contribution in [0.2, 0.25) is 0 Å². The van der Waals surface area contributed by atoms with Crippen molar-refractivity contribution in [3.05, 3.63) is 0 Å². The number of likely N-dealkylation sites (N-methyl/N-ethyl adjacent to an activating group) is 1. The van der Waals surface area contributed by atoms with Crippen molar-refractivity contribution in [2.75, 3.05) is 26.3 Å². The second-order valence-electron chi connectivity index (χ2n) is 4.43. The first-order valence-corrected chi connectivity index (χ1v) is 5.58. The number of carbonyl (C=O) groups excluding carboxylic acids is 1. The Hall–Kier alpha value is -1.10. The molecule has 16 heavy (non-hydrogen) atoms. The highest BCUT2D eigenvalue weighted by Crippen LogP contribution is 2.30. The lowest BCUT2D eigenvalue weighted by atomic mass is 9.83. The van der Waals surface area contributed by atoms with E-state index in [1.807, 2.05) is 6.92 Å². The molecule has 1 rings (SSSR count). The second-order valence-corrected chi connectivity index (χ2v) is 4.43. The minimum atomic E-state index is -0.976. The lowest BCUT2D eigenvalue weighted by molar-refractivity contribution is -0.154. The van der Waals surface area contributed by atoms with Gasteiger partial charge in [0.05, 0.1) is 12.0 Å². The Morgan fingerprint density at radius 3 is 2.62 bits per heavy atom. The molecule has 5 heteroatoms. The van der Waals surface area contributed by atoms with E-state index in [2.05, 4.69) is 0 Å². The minimum absolute atomic E-state index is 0.114. The van der Waals surface area contributed by atoms with Gasteiger partial charge in [-0.25, -0.2) is 0 Å². The monoisotopic (exact) mass is 229 g/mol. The van der Waals surface area contributed by atoms with Gasteiger partial charge in [-0.3, -0.25) is 9.59 Å². The molecule has 1 saturated heterocycles. The first-order chi connectivity index (χ1) is 7.49. The van der Waals surface area contributed by atoms with Crippen molar-refractivity contribution in [3.63, 3.8) is 0 Å². The zero-order chi connectivity index (χ0) is 12.2. The van der Waals surface area contributed by atoms with Gasteiger partial charge in [-0.05, 0) is 26.7 Å². The Labute approximate surface area is 95.4 Å². The van der Waals surface area contributed by atoms with E-state index in [1.165, 1.54) is 4.90 Å². The van der Waals surface area contributed by atoms with Crippen LogP contribution in [0.3, 0.4) is 0 Å². The Balaban J connectivity index is 2.68. The molecule has 0 bridgehead atoms. The summed E-state index contributed by atoms with van der Waals surface area (Å²) in [6, 6.07) is 0. The topological polar surface area (TPSA) is 66.8 Å². The zero-order valence-corrected chi connectivity index (χ0v) is 9.86. The van der Waals surface area contributed by atoms with Crippen LogP contribution in [0, 0.1) is 5.41 Å². The summed E-state index contributed by atoms with van der Waals surface area (Å²) in [6.07, 6.45) is 1.62. The lowest BCUT2D eigenvalue weighted by Gasteiger charge is -2.35. The molecule has 0 radical (unpaired) electrons. The van der Waals surface area contributed by atoms with Gasteiger partial charge in [0.25, 0.3) is 0 Å². The largest absolute Gasteiger partial charge is 0.480 e. The number of nitrogens with zero attached hydrogens (tertiary/aromatic N) is 1. The van der Waals surface area contributed by atoms with Crippen molar-refractivity contribution in [1.82, 2.24) is 4.90 Å². The van der Waals surface area contributed by atoms with Crippen molar-refractivity contribution in [2.45, 2.75) is 26.7 Å². The average Bonchev–Trinajstić information content (AvgIpc) is 2.25. The molecule has 0 saturated carbocycles. The third-order valence-electron chi connectivity index (χ3n) is 2.95. The molecule has 0 aromatic rings. The molecule has 5 nitrogen and oxygen atoms in total. The average molecular weight is 229 g/mol. The van der Waals surface area contributed by atoms with Crippen LogP contribution in [0.1, 0.15) is 26.7 Å². The molecule has 1 unspecified atom stereocenters. The Kier molecular flexibility index (Phi) is 4.29. The van der Waals surface area contributed by atoms with Crippen LogP contribution in [0.4, 0.5) is 0 Å². The summed E-state index contributed by atoms with van der Waals surface area (Å²) in [7, 11) is 0. The van der Waals surface area contributed by atoms with Gasteiger partial charge in [-0.15, -0.1) is 0 Å². The summed E-state index contributed by atoms with van der Waals surface area (Å²) in [5.41, 5.74) is -0.552. The highest BCUT2D eigenvalue weighted by molar-refractivity contribution is 5.85. The molecule has 0 aliphatic carbocycles. The molecule has 92 valence electrons. The zero-order valence-electron chi connectivity index (χ0n) is 9.86. The van der Waals surface area contributed by atoms with E-state index in [0.717, 1.165) is 12.8 Å². The maximum atomic E-state index is 12.2. The highest BCUT2D eigenvalue weighted by atomic mass is 16.5. The van der Waals surface area contributed by atoms with Crippen LogP contribution in [0.25, 0.3) is 0 Å². The quantitative estimate of drug-likeness (QED) is 0.772. The summed E-state index contributed by atoms with van der Waals surface area (Å²) >= 11 is 0. The van der Waals surface area contributed by atoms with Gasteiger partial charge in [0.1, 0.15) is 6.54 Å². The van der Waals surface area contributed by atoms with Gasteiger partial charge in [-0.2, -0.15) is 0 Å². The predicted octanol–water partition coefficient (Wildman–Crippen LogP) is 0.736. The van der Waals surface area contributed by atoms with E-state index >= 15 is 0 Å². The molecular formula is C11H19NO4. The van der Waals surface area contributed by atoms with Crippen molar-refractivity contribution in [1.29, 1.82) is 0 Å². The van der Waals surface area contributed by atoms with Gasteiger partial charge in [0.2, 0.25) is 5.91 Å². The Bertz CT molecular complexity index is 271. The molecule has 0 aromatic carbocycles. The van der Waals surface area contributed by atoms with Gasteiger partial charge in [0.15, 0.2) is 0 Å². The van der Waals surface area contributed by atoms with Gasteiger partial charge in [-0.1, -0.05) is 0 Å². The number of carbonyl (C=O) groups is 2. The fourth-order valence-electron chi connectivity index (χ4n) is 1.97. The first-order valence-electron chi connectivity index (χ1n) is 5.58. The number of aliphatic carboxylic acids is 1. The highest BCUT2D eigenvalue weighted by Gasteiger charge is 2.38. The van der Waals surface area contributed by atoms with Crippen molar-refractivity contribution >= 4 is 11.9 Å². The van der Waals surface area contributed by atoms with Crippen molar-refractivity contribution in [3.8, 4) is 0 Å². The van der Waals surface area contributed by atoms with Crippen LogP contribution in [-0.2, 0) is 14.3 Å². The molecule has 1 aliphatic heterocycles. The SMILES string of the molecule is CCN(CC(=O)O)C(=O)C1(C)CCCOC1. The maximum absolute atomic E-state index is 12.2. The molecule has 1 amide bonds. The molecule has 0 spiro atoms. The van der Waals surface area contributed by atoms with E-state index in [9.17, 15) is 9.59 Å². The third-order valence-corrected chi connectivity index (χ3v) is 2.95. The Morgan fingerprint density at radius 2 is 2.19 bits per heavy atom. The molecule has 1 fully saturated rings. The molecule has 0 aromatic heterocycles. The summed E-state index contributed by atoms with van der Waals surface area (Å²) < 4.78 is 5.31. The number of rotatable bonds is 4. The van der Waals surface area contributed by atoms with Gasteiger partial charge < -0.3 is 14.7 Å². The molecule has 1 aliphatic rings. The second kappa shape index (κ2) is 5.30. The Morgan fingerprint density at radius 1 is 1.50 bits per heavy atom. The lowest BCUT2D eigenvalue weighted by Crippen LogP contribution is -2.48. The van der Waals surface area contributed by atoms with Crippen LogP contribution in [-0.4, -0.2) is 48.2 Å². The summed E-state index contributed by atoms with van der Waals surface area (Å²) in [5.74, 6) is -1.09. The summed E-state index contributed by atoms with van der Waals surface area (Å²) in [4.78, 5) is 24.2. The molecule has 1 N–H and O–H groups in total. The number of hydrogen-bond acceptors (Lipinski definition) is 3. The smallest absolute Gasteiger partial charge is 0.323 e. The van der Waals surface area contributed by atoms with Crippen LogP contribution in [0.5, 0.6) is 0 Å². The maximum Gasteiger partial charge on any atom is 0.323 e. The minimum Gasteiger partial charge on any atom is -0.480 e. The summed E-state index contributed by atoms with van der Waals surface area (Å²) in [6.45, 7) is 4.90. The molecule has 1 atom stereocenters. The van der Waals surface area contributed by atoms with Crippen molar-refractivity contribution < 1.29 is 19.4 Å². The van der Waals surface area contributed by atoms with Crippen LogP contribution < -0.4 is 0 Å². The fourth-order valence-corrected chi connectivity index (χ4v) is 1.97. The fraction of sp³-hybridized carbons (Fsp3) is 0.818. The number of hydrogen-bond donors (Lipinski definition) is 1. The van der Waals surface area contributed by atoms with E-state index in [1.54, 1.807) is 6.92 Å².